The molecular weight excluding hydrogens is 382 g/mol. The summed E-state index contributed by atoms with van der Waals surface area (Å²) in [6.07, 6.45) is -0.341. The van der Waals surface area contributed by atoms with Crippen LogP contribution in [0.5, 0.6) is 11.5 Å². The Kier molecular flexibility index (Phi) is 6.69. The zero-order valence-corrected chi connectivity index (χ0v) is 18.2. The van der Waals surface area contributed by atoms with Gasteiger partial charge in [0.2, 0.25) is 0 Å². The molecule has 2 aromatic carbocycles. The second-order valence-electron chi connectivity index (χ2n) is 7.22. The molecule has 0 amide bonds. The minimum Gasteiger partial charge on any atom is -0.493 e. The molecule has 1 unspecified atom stereocenters. The summed E-state index contributed by atoms with van der Waals surface area (Å²) < 4.78 is 42.0. The van der Waals surface area contributed by atoms with Gasteiger partial charge in [-0.2, -0.15) is 8.42 Å². The van der Waals surface area contributed by atoms with Crippen LogP contribution < -0.4 is 14.7 Å². The van der Waals surface area contributed by atoms with Crippen LogP contribution in [0, 0.1) is 6.92 Å². The molecule has 0 saturated heterocycles. The van der Waals surface area contributed by atoms with Crippen molar-refractivity contribution in [2.24, 2.45) is 5.73 Å². The fourth-order valence-electron chi connectivity index (χ4n) is 2.51. The summed E-state index contributed by atoms with van der Waals surface area (Å²) in [5.74, 6) is 0.423. The standard InChI is InChI=1S/C19H27NO5SSi/c1-14-6-9-16(10-7-14)26(21,22)24-18-12-15(8-11-17(18)23-2)19(13-20)25-27(3,4)5/h6-12,19H,13,20H2,1-5H3. The predicted molar refractivity (Wildman–Crippen MR) is 108 cm³/mol. The van der Waals surface area contributed by atoms with E-state index in [-0.39, 0.29) is 23.3 Å². The third-order valence-corrected chi connectivity index (χ3v) is 6.02. The summed E-state index contributed by atoms with van der Waals surface area (Å²) in [5, 5.41) is 0. The lowest BCUT2D eigenvalue weighted by atomic mass is 10.1. The molecule has 8 heteroatoms. The van der Waals surface area contributed by atoms with Crippen molar-refractivity contribution in [2.75, 3.05) is 13.7 Å². The molecule has 0 fully saturated rings. The van der Waals surface area contributed by atoms with Gasteiger partial charge >= 0.3 is 10.1 Å². The number of aryl methyl sites for hydroxylation is 1. The van der Waals surface area contributed by atoms with Gasteiger partial charge in [-0.15, -0.1) is 0 Å². The topological polar surface area (TPSA) is 87.8 Å². The van der Waals surface area contributed by atoms with Crippen molar-refractivity contribution in [3.63, 3.8) is 0 Å². The van der Waals surface area contributed by atoms with Crippen molar-refractivity contribution in [3.8, 4) is 11.5 Å². The minimum atomic E-state index is -3.99. The Balaban J connectivity index is 2.38. The number of rotatable bonds is 8. The molecule has 0 saturated carbocycles. The number of hydrogen-bond acceptors (Lipinski definition) is 6. The van der Waals surface area contributed by atoms with E-state index in [0.717, 1.165) is 11.1 Å². The maximum Gasteiger partial charge on any atom is 0.339 e. The van der Waals surface area contributed by atoms with Crippen LogP contribution in [0.15, 0.2) is 47.4 Å². The smallest absolute Gasteiger partial charge is 0.339 e. The summed E-state index contributed by atoms with van der Waals surface area (Å²) in [5.41, 5.74) is 7.58. The maximum absolute atomic E-state index is 12.6. The summed E-state index contributed by atoms with van der Waals surface area (Å²) >= 11 is 0. The fraction of sp³-hybridized carbons (Fsp3) is 0.368. The summed E-state index contributed by atoms with van der Waals surface area (Å²) in [7, 11) is -4.37. The van der Waals surface area contributed by atoms with E-state index in [1.165, 1.54) is 19.2 Å². The third kappa shape index (κ3) is 5.80. The lowest BCUT2D eigenvalue weighted by Gasteiger charge is -2.26. The van der Waals surface area contributed by atoms with Gasteiger partial charge in [-0.3, -0.25) is 0 Å². The third-order valence-electron chi connectivity index (χ3n) is 3.78. The maximum atomic E-state index is 12.6. The van der Waals surface area contributed by atoms with Crippen LogP contribution >= 0.6 is 0 Å². The molecule has 6 nitrogen and oxygen atoms in total. The molecule has 0 aliphatic heterocycles. The molecule has 2 aromatic rings. The van der Waals surface area contributed by atoms with Crippen molar-refractivity contribution in [1.82, 2.24) is 0 Å². The van der Waals surface area contributed by atoms with E-state index in [0.29, 0.717) is 5.75 Å². The molecule has 0 aliphatic rings. The van der Waals surface area contributed by atoms with Gasteiger partial charge in [0.05, 0.1) is 13.2 Å². The lowest BCUT2D eigenvalue weighted by Crippen LogP contribution is -2.31. The fourth-order valence-corrected chi connectivity index (χ4v) is 4.53. The molecular formula is C19H27NO5SSi. The Hall–Kier alpha value is -1.87. The van der Waals surface area contributed by atoms with Crippen LogP contribution in [-0.2, 0) is 14.5 Å². The van der Waals surface area contributed by atoms with Crippen LogP contribution in [0.25, 0.3) is 0 Å². The Morgan fingerprint density at radius 3 is 2.19 bits per heavy atom. The lowest BCUT2D eigenvalue weighted by molar-refractivity contribution is 0.206. The van der Waals surface area contributed by atoms with E-state index in [1.807, 2.05) is 13.0 Å². The monoisotopic (exact) mass is 409 g/mol. The van der Waals surface area contributed by atoms with Crippen LogP contribution in [-0.4, -0.2) is 30.4 Å². The average Bonchev–Trinajstić information content (AvgIpc) is 2.59. The molecule has 2 rings (SSSR count). The first-order valence-corrected chi connectivity index (χ1v) is 13.4. The summed E-state index contributed by atoms with van der Waals surface area (Å²) in [6, 6.07) is 11.5. The number of ether oxygens (including phenoxy) is 1. The highest BCUT2D eigenvalue weighted by Crippen LogP contribution is 2.34. The van der Waals surface area contributed by atoms with Crippen molar-refractivity contribution in [3.05, 3.63) is 53.6 Å². The van der Waals surface area contributed by atoms with Gasteiger partial charge < -0.3 is 19.1 Å². The largest absolute Gasteiger partial charge is 0.493 e. The normalized spacial score (nSPS) is 13.3. The van der Waals surface area contributed by atoms with Crippen LogP contribution in [0.2, 0.25) is 19.6 Å². The van der Waals surface area contributed by atoms with Crippen molar-refractivity contribution >= 4 is 18.4 Å². The summed E-state index contributed by atoms with van der Waals surface area (Å²) in [4.78, 5) is 0.0780. The average molecular weight is 410 g/mol. The van der Waals surface area contributed by atoms with E-state index in [4.69, 9.17) is 19.1 Å². The first-order valence-electron chi connectivity index (χ1n) is 8.63. The first-order chi connectivity index (χ1) is 12.6. The Morgan fingerprint density at radius 2 is 1.67 bits per heavy atom. The predicted octanol–water partition coefficient (Wildman–Crippen LogP) is 3.62. The van der Waals surface area contributed by atoms with Gasteiger partial charge in [0.1, 0.15) is 4.90 Å². The molecule has 2 N–H and O–H groups in total. The minimum absolute atomic E-state index is 0.0780. The number of hydrogen-bond donors (Lipinski definition) is 1. The van der Waals surface area contributed by atoms with Gasteiger partial charge in [0.25, 0.3) is 0 Å². The molecule has 0 aromatic heterocycles. The molecule has 27 heavy (non-hydrogen) atoms. The molecule has 148 valence electrons. The quantitative estimate of drug-likeness (QED) is 0.529. The van der Waals surface area contributed by atoms with Crippen LogP contribution in [0.3, 0.4) is 0 Å². The molecule has 0 bridgehead atoms. The highest BCUT2D eigenvalue weighted by molar-refractivity contribution is 7.87. The van der Waals surface area contributed by atoms with E-state index < -0.39 is 18.4 Å². The van der Waals surface area contributed by atoms with Gasteiger partial charge in [-0.05, 0) is 56.4 Å². The Labute approximate surface area is 162 Å². The van der Waals surface area contributed by atoms with Gasteiger partial charge in [0, 0.05) is 6.54 Å². The van der Waals surface area contributed by atoms with Crippen molar-refractivity contribution in [2.45, 2.75) is 37.6 Å². The molecule has 0 radical (unpaired) electrons. The molecule has 0 heterocycles. The number of benzene rings is 2. The second kappa shape index (κ2) is 8.43. The zero-order valence-electron chi connectivity index (χ0n) is 16.4. The highest BCUT2D eigenvalue weighted by atomic mass is 32.2. The van der Waals surface area contributed by atoms with Crippen LogP contribution in [0.4, 0.5) is 0 Å². The molecule has 0 spiro atoms. The van der Waals surface area contributed by atoms with E-state index in [2.05, 4.69) is 19.6 Å². The van der Waals surface area contributed by atoms with E-state index in [9.17, 15) is 8.42 Å². The number of methoxy groups -OCH3 is 1. The zero-order chi connectivity index (χ0) is 20.2. The Bertz CT molecular complexity index is 876. The Morgan fingerprint density at radius 1 is 1.04 bits per heavy atom. The SMILES string of the molecule is COc1ccc(C(CN)O[Si](C)(C)C)cc1OS(=O)(=O)c1ccc(C)cc1. The van der Waals surface area contributed by atoms with Crippen molar-refractivity contribution in [1.29, 1.82) is 0 Å². The van der Waals surface area contributed by atoms with E-state index in [1.54, 1.807) is 24.3 Å². The van der Waals surface area contributed by atoms with E-state index >= 15 is 0 Å². The van der Waals surface area contributed by atoms with Gasteiger partial charge in [0.15, 0.2) is 19.8 Å². The van der Waals surface area contributed by atoms with Crippen molar-refractivity contribution < 1.29 is 21.8 Å². The summed E-state index contributed by atoms with van der Waals surface area (Å²) in [6.45, 7) is 8.37. The van der Waals surface area contributed by atoms with Gasteiger partial charge in [-0.1, -0.05) is 23.8 Å². The van der Waals surface area contributed by atoms with Crippen LogP contribution in [0.1, 0.15) is 17.2 Å². The molecule has 0 aliphatic carbocycles. The van der Waals surface area contributed by atoms with Gasteiger partial charge in [-0.25, -0.2) is 0 Å². The number of nitrogens with two attached hydrogens (primary N) is 1. The highest BCUT2D eigenvalue weighted by Gasteiger charge is 2.24. The first kappa shape index (κ1) is 21.4. The molecule has 1 atom stereocenters. The second-order valence-corrected chi connectivity index (χ2v) is 13.2.